The molecule has 0 aliphatic heterocycles. The fraction of sp³-hybridized carbons (Fsp3) is 0.500. The number of halogens is 1. The summed E-state index contributed by atoms with van der Waals surface area (Å²) in [6.45, 7) is 0.462. The minimum atomic E-state index is -0.263. The minimum absolute atomic E-state index is 0. The standard InChI is InChI=1S/C16H23N3O2.ClH/c17-12-16(8-4-5-9-16)19-15(21)11-18-14(20)10-13-6-2-1-3-7-13;/h1-3,6-7H,4-5,8-12,17H2,(H,18,20)(H,19,21);1H. The van der Waals surface area contributed by atoms with Gasteiger partial charge >= 0.3 is 0 Å². The molecule has 2 rings (SSSR count). The van der Waals surface area contributed by atoms with Gasteiger partial charge in [0.15, 0.2) is 0 Å². The van der Waals surface area contributed by atoms with Crippen LogP contribution in [0.1, 0.15) is 31.2 Å². The van der Waals surface area contributed by atoms with Gasteiger partial charge in [0.2, 0.25) is 11.8 Å². The van der Waals surface area contributed by atoms with Crippen LogP contribution in [0.3, 0.4) is 0 Å². The molecule has 4 N–H and O–H groups in total. The molecular formula is C16H24ClN3O2. The molecule has 2 amide bonds. The van der Waals surface area contributed by atoms with Gasteiger partial charge in [-0.2, -0.15) is 0 Å². The van der Waals surface area contributed by atoms with Crippen LogP contribution in [0.2, 0.25) is 0 Å². The zero-order valence-corrected chi connectivity index (χ0v) is 13.5. The fourth-order valence-corrected chi connectivity index (χ4v) is 2.79. The summed E-state index contributed by atoms with van der Waals surface area (Å²) >= 11 is 0. The number of nitrogens with two attached hydrogens (primary N) is 1. The molecule has 0 radical (unpaired) electrons. The number of benzene rings is 1. The Bertz CT molecular complexity index is 487. The average molecular weight is 326 g/mol. The molecule has 0 heterocycles. The maximum Gasteiger partial charge on any atom is 0.239 e. The van der Waals surface area contributed by atoms with Crippen molar-refractivity contribution in [1.82, 2.24) is 10.6 Å². The Morgan fingerprint density at radius 2 is 1.73 bits per heavy atom. The molecule has 5 nitrogen and oxygen atoms in total. The number of carbonyl (C=O) groups is 2. The van der Waals surface area contributed by atoms with Gasteiger partial charge in [-0.15, -0.1) is 12.4 Å². The van der Waals surface area contributed by atoms with E-state index in [1.165, 1.54) is 0 Å². The van der Waals surface area contributed by atoms with E-state index in [9.17, 15) is 9.59 Å². The minimum Gasteiger partial charge on any atom is -0.348 e. The van der Waals surface area contributed by atoms with Crippen molar-refractivity contribution in [2.75, 3.05) is 13.1 Å². The van der Waals surface area contributed by atoms with Gasteiger partial charge in [-0.3, -0.25) is 9.59 Å². The van der Waals surface area contributed by atoms with Crippen LogP contribution >= 0.6 is 12.4 Å². The first-order valence-electron chi connectivity index (χ1n) is 7.45. The third-order valence-corrected chi connectivity index (χ3v) is 4.01. The molecule has 1 fully saturated rings. The lowest BCUT2D eigenvalue weighted by Crippen LogP contribution is -2.54. The molecule has 1 aliphatic rings. The van der Waals surface area contributed by atoms with Crippen LogP contribution in [0.4, 0.5) is 0 Å². The normalized spacial score (nSPS) is 15.7. The Morgan fingerprint density at radius 3 is 2.32 bits per heavy atom. The maximum atomic E-state index is 11.9. The molecular weight excluding hydrogens is 302 g/mol. The van der Waals surface area contributed by atoms with Gasteiger partial charge in [0.1, 0.15) is 0 Å². The summed E-state index contributed by atoms with van der Waals surface area (Å²) in [4.78, 5) is 23.7. The van der Waals surface area contributed by atoms with Crippen LogP contribution in [0, 0.1) is 0 Å². The van der Waals surface area contributed by atoms with Crippen LogP contribution in [0.25, 0.3) is 0 Å². The predicted octanol–water partition coefficient (Wildman–Crippen LogP) is 1.15. The largest absolute Gasteiger partial charge is 0.348 e. The summed E-state index contributed by atoms with van der Waals surface area (Å²) in [5.74, 6) is -0.312. The first-order chi connectivity index (χ1) is 10.1. The first-order valence-corrected chi connectivity index (χ1v) is 7.45. The van der Waals surface area contributed by atoms with Crippen molar-refractivity contribution >= 4 is 24.2 Å². The van der Waals surface area contributed by atoms with Gasteiger partial charge in [0.25, 0.3) is 0 Å². The van der Waals surface area contributed by atoms with Crippen molar-refractivity contribution in [3.63, 3.8) is 0 Å². The topological polar surface area (TPSA) is 84.2 Å². The average Bonchev–Trinajstić information content (AvgIpc) is 2.95. The SMILES string of the molecule is Cl.NCC1(NC(=O)CNC(=O)Cc2ccccc2)CCCC1. The van der Waals surface area contributed by atoms with Gasteiger partial charge < -0.3 is 16.4 Å². The molecule has 0 atom stereocenters. The monoisotopic (exact) mass is 325 g/mol. The summed E-state index contributed by atoms with van der Waals surface area (Å²) in [6, 6.07) is 9.47. The fourth-order valence-electron chi connectivity index (χ4n) is 2.79. The van der Waals surface area contributed by atoms with Crippen molar-refractivity contribution in [2.24, 2.45) is 5.73 Å². The van der Waals surface area contributed by atoms with Crippen molar-refractivity contribution in [3.05, 3.63) is 35.9 Å². The number of amides is 2. The van der Waals surface area contributed by atoms with E-state index in [4.69, 9.17) is 5.73 Å². The molecule has 0 aromatic heterocycles. The highest BCUT2D eigenvalue weighted by molar-refractivity contribution is 5.86. The lowest BCUT2D eigenvalue weighted by molar-refractivity contribution is -0.126. The van der Waals surface area contributed by atoms with Crippen molar-refractivity contribution in [1.29, 1.82) is 0 Å². The smallest absolute Gasteiger partial charge is 0.239 e. The molecule has 0 spiro atoms. The van der Waals surface area contributed by atoms with E-state index in [1.807, 2.05) is 30.3 Å². The lowest BCUT2D eigenvalue weighted by atomic mass is 9.98. The number of nitrogens with one attached hydrogen (secondary N) is 2. The summed E-state index contributed by atoms with van der Waals surface area (Å²) in [7, 11) is 0. The van der Waals surface area contributed by atoms with Crippen LogP contribution in [0.5, 0.6) is 0 Å². The molecule has 1 saturated carbocycles. The second-order valence-corrected chi connectivity index (χ2v) is 5.68. The van der Waals surface area contributed by atoms with E-state index in [2.05, 4.69) is 10.6 Å². The molecule has 22 heavy (non-hydrogen) atoms. The van der Waals surface area contributed by atoms with Crippen LogP contribution in [-0.4, -0.2) is 30.4 Å². The molecule has 0 unspecified atom stereocenters. The lowest BCUT2D eigenvalue weighted by Gasteiger charge is -2.28. The molecule has 0 bridgehead atoms. The molecule has 1 aromatic rings. The Hall–Kier alpha value is -1.59. The van der Waals surface area contributed by atoms with E-state index >= 15 is 0 Å². The Morgan fingerprint density at radius 1 is 1.09 bits per heavy atom. The zero-order valence-electron chi connectivity index (χ0n) is 12.6. The van der Waals surface area contributed by atoms with E-state index < -0.39 is 0 Å². The third kappa shape index (κ3) is 5.31. The Labute approximate surface area is 137 Å². The van der Waals surface area contributed by atoms with Gasteiger partial charge in [0, 0.05) is 6.54 Å². The van der Waals surface area contributed by atoms with E-state index in [1.54, 1.807) is 0 Å². The number of hydrogen-bond donors (Lipinski definition) is 3. The molecule has 122 valence electrons. The van der Waals surface area contributed by atoms with Crippen LogP contribution in [0.15, 0.2) is 30.3 Å². The Kier molecular flexibility index (Phi) is 7.35. The number of rotatable bonds is 6. The van der Waals surface area contributed by atoms with Gasteiger partial charge in [-0.05, 0) is 18.4 Å². The number of carbonyl (C=O) groups excluding carboxylic acids is 2. The van der Waals surface area contributed by atoms with E-state index in [0.29, 0.717) is 6.54 Å². The first kappa shape index (κ1) is 18.5. The molecule has 0 saturated heterocycles. The highest BCUT2D eigenvalue weighted by Crippen LogP contribution is 2.28. The second kappa shape index (κ2) is 8.76. The zero-order chi connectivity index (χ0) is 15.1. The van der Waals surface area contributed by atoms with E-state index in [-0.39, 0.29) is 42.7 Å². The highest BCUT2D eigenvalue weighted by atomic mass is 35.5. The summed E-state index contributed by atoms with van der Waals surface area (Å²) in [6.07, 6.45) is 4.33. The van der Waals surface area contributed by atoms with Gasteiger partial charge in [-0.1, -0.05) is 43.2 Å². The van der Waals surface area contributed by atoms with Crippen molar-refractivity contribution < 1.29 is 9.59 Å². The second-order valence-electron chi connectivity index (χ2n) is 5.68. The Balaban J connectivity index is 0.00000242. The molecule has 1 aliphatic carbocycles. The van der Waals surface area contributed by atoms with Gasteiger partial charge in [-0.25, -0.2) is 0 Å². The molecule has 6 heteroatoms. The van der Waals surface area contributed by atoms with Crippen LogP contribution < -0.4 is 16.4 Å². The van der Waals surface area contributed by atoms with Crippen molar-refractivity contribution in [3.8, 4) is 0 Å². The number of hydrogen-bond acceptors (Lipinski definition) is 3. The van der Waals surface area contributed by atoms with Crippen LogP contribution in [-0.2, 0) is 16.0 Å². The predicted molar refractivity (Wildman–Crippen MR) is 88.8 cm³/mol. The van der Waals surface area contributed by atoms with Crippen molar-refractivity contribution in [2.45, 2.75) is 37.6 Å². The quantitative estimate of drug-likeness (QED) is 0.733. The highest BCUT2D eigenvalue weighted by Gasteiger charge is 2.33. The third-order valence-electron chi connectivity index (χ3n) is 4.01. The summed E-state index contributed by atoms with van der Waals surface area (Å²) < 4.78 is 0. The maximum absolute atomic E-state index is 11.9. The summed E-state index contributed by atoms with van der Waals surface area (Å²) in [5.41, 5.74) is 6.45. The van der Waals surface area contributed by atoms with Gasteiger partial charge in [0.05, 0.1) is 18.5 Å². The summed E-state index contributed by atoms with van der Waals surface area (Å²) in [5, 5.41) is 5.64. The molecule has 1 aromatic carbocycles. The van der Waals surface area contributed by atoms with E-state index in [0.717, 1.165) is 31.2 Å².